The maximum Gasteiger partial charge on any atom is 0.151 e. The summed E-state index contributed by atoms with van der Waals surface area (Å²) < 4.78 is 1.92. The van der Waals surface area contributed by atoms with Crippen LogP contribution >= 0.6 is 0 Å². The maximum absolute atomic E-state index is 6.08. The Kier molecular flexibility index (Phi) is 2.58. The second-order valence-corrected chi connectivity index (χ2v) is 5.37. The van der Waals surface area contributed by atoms with Crippen LogP contribution in [0.2, 0.25) is 0 Å². The number of rotatable bonds is 2. The molecule has 3 aromatic rings. The van der Waals surface area contributed by atoms with Crippen molar-refractivity contribution in [2.45, 2.75) is 5.92 Å². The van der Waals surface area contributed by atoms with Gasteiger partial charge in [-0.1, -0.05) is 12.1 Å². The van der Waals surface area contributed by atoms with Gasteiger partial charge < -0.3 is 16.8 Å². The molecule has 106 valence electrons. The van der Waals surface area contributed by atoms with Crippen molar-refractivity contribution in [3.05, 3.63) is 42.4 Å². The summed E-state index contributed by atoms with van der Waals surface area (Å²) in [7, 11) is 0. The van der Waals surface area contributed by atoms with Gasteiger partial charge in [-0.2, -0.15) is 5.10 Å². The predicted octanol–water partition coefficient (Wildman–Crippen LogP) is 1.25. The first-order valence-electron chi connectivity index (χ1n) is 6.93. The molecule has 0 spiro atoms. The normalized spacial score (nSPS) is 15.2. The lowest BCUT2D eigenvalue weighted by Gasteiger charge is -2.26. The first-order valence-corrected chi connectivity index (χ1v) is 6.93. The summed E-state index contributed by atoms with van der Waals surface area (Å²) in [5.74, 6) is 0.963. The van der Waals surface area contributed by atoms with Crippen molar-refractivity contribution < 1.29 is 0 Å². The molecule has 6 nitrogen and oxygen atoms in total. The molecule has 21 heavy (non-hydrogen) atoms. The van der Waals surface area contributed by atoms with Gasteiger partial charge >= 0.3 is 0 Å². The van der Waals surface area contributed by atoms with Gasteiger partial charge in [0.2, 0.25) is 0 Å². The molecular weight excluding hydrogens is 264 g/mol. The molecule has 4 rings (SSSR count). The summed E-state index contributed by atoms with van der Waals surface area (Å²) in [6.07, 6.45) is 1.50. The standard InChI is InChI=1S/C15H16N6/c16-11-3-1-9(2-4-11)12-5-13(10-6-18-7-10)21-14(12)15(17)19-8-20-21/h1-5,8,10,18H,6-7,16H2,(H2,17,19,20). The molecule has 2 aromatic heterocycles. The second kappa shape index (κ2) is 4.46. The van der Waals surface area contributed by atoms with Gasteiger partial charge in [0.25, 0.3) is 0 Å². The zero-order valence-electron chi connectivity index (χ0n) is 11.5. The monoisotopic (exact) mass is 280 g/mol. The lowest BCUT2D eigenvalue weighted by molar-refractivity contribution is 0.433. The summed E-state index contributed by atoms with van der Waals surface area (Å²) in [5, 5.41) is 7.67. The Morgan fingerprint density at radius 1 is 1.14 bits per heavy atom. The molecule has 0 unspecified atom stereocenters. The molecule has 1 aliphatic heterocycles. The van der Waals surface area contributed by atoms with E-state index in [2.05, 4.69) is 21.5 Å². The van der Waals surface area contributed by atoms with E-state index < -0.39 is 0 Å². The van der Waals surface area contributed by atoms with Crippen molar-refractivity contribution in [3.63, 3.8) is 0 Å². The third kappa shape index (κ3) is 1.84. The zero-order valence-corrected chi connectivity index (χ0v) is 11.5. The van der Waals surface area contributed by atoms with Crippen molar-refractivity contribution in [1.29, 1.82) is 0 Å². The molecule has 0 saturated carbocycles. The summed E-state index contributed by atoms with van der Waals surface area (Å²) >= 11 is 0. The summed E-state index contributed by atoms with van der Waals surface area (Å²) in [6, 6.07) is 9.95. The molecule has 1 aliphatic rings. The molecule has 3 heterocycles. The van der Waals surface area contributed by atoms with E-state index in [1.54, 1.807) is 0 Å². The van der Waals surface area contributed by atoms with Gasteiger partial charge in [-0.05, 0) is 23.8 Å². The predicted molar refractivity (Wildman–Crippen MR) is 82.9 cm³/mol. The van der Waals surface area contributed by atoms with Gasteiger partial charge in [-0.3, -0.25) is 0 Å². The Balaban J connectivity index is 1.97. The van der Waals surface area contributed by atoms with E-state index in [4.69, 9.17) is 11.5 Å². The van der Waals surface area contributed by atoms with Gasteiger partial charge in [-0.15, -0.1) is 0 Å². The van der Waals surface area contributed by atoms with E-state index in [1.165, 1.54) is 12.0 Å². The maximum atomic E-state index is 6.08. The highest BCUT2D eigenvalue weighted by atomic mass is 15.3. The minimum Gasteiger partial charge on any atom is -0.399 e. The topological polar surface area (TPSA) is 94.3 Å². The van der Waals surface area contributed by atoms with Crippen LogP contribution in [0.25, 0.3) is 16.6 Å². The van der Waals surface area contributed by atoms with Crippen LogP contribution in [0.1, 0.15) is 11.6 Å². The largest absolute Gasteiger partial charge is 0.399 e. The van der Waals surface area contributed by atoms with Crippen LogP contribution < -0.4 is 16.8 Å². The first-order chi connectivity index (χ1) is 10.2. The first kappa shape index (κ1) is 12.2. The van der Waals surface area contributed by atoms with E-state index in [0.29, 0.717) is 11.7 Å². The number of nitrogen functional groups attached to an aromatic ring is 2. The van der Waals surface area contributed by atoms with Crippen LogP contribution in [0.3, 0.4) is 0 Å². The molecule has 1 saturated heterocycles. The number of benzene rings is 1. The lowest BCUT2D eigenvalue weighted by atomic mass is 9.98. The minimum absolute atomic E-state index is 0.467. The van der Waals surface area contributed by atoms with E-state index in [0.717, 1.165) is 35.4 Å². The number of hydrogen-bond acceptors (Lipinski definition) is 5. The van der Waals surface area contributed by atoms with Gasteiger partial charge in [0.05, 0.1) is 0 Å². The molecule has 1 aromatic carbocycles. The number of nitrogens with zero attached hydrogens (tertiary/aromatic N) is 3. The third-order valence-electron chi connectivity index (χ3n) is 4.03. The van der Waals surface area contributed by atoms with Gasteiger partial charge in [0, 0.05) is 36.0 Å². The average molecular weight is 280 g/mol. The van der Waals surface area contributed by atoms with Gasteiger partial charge in [0.1, 0.15) is 11.8 Å². The smallest absolute Gasteiger partial charge is 0.151 e. The van der Waals surface area contributed by atoms with Crippen molar-refractivity contribution in [1.82, 2.24) is 19.9 Å². The summed E-state index contributed by atoms with van der Waals surface area (Å²) in [6.45, 7) is 1.94. The SMILES string of the molecule is Nc1ccc(-c2cc(C3CNC3)n3ncnc(N)c23)cc1. The van der Waals surface area contributed by atoms with Crippen molar-refractivity contribution in [2.75, 3.05) is 24.6 Å². The Morgan fingerprint density at radius 2 is 1.90 bits per heavy atom. The average Bonchev–Trinajstić information content (AvgIpc) is 2.79. The Hall–Kier alpha value is -2.60. The molecular formula is C15H16N6. The number of nitrogens with one attached hydrogen (secondary N) is 1. The van der Waals surface area contributed by atoms with E-state index in [9.17, 15) is 0 Å². The molecule has 1 fully saturated rings. The fraction of sp³-hybridized carbons (Fsp3) is 0.200. The highest BCUT2D eigenvalue weighted by Crippen LogP contribution is 2.34. The molecule has 5 N–H and O–H groups in total. The second-order valence-electron chi connectivity index (χ2n) is 5.37. The lowest BCUT2D eigenvalue weighted by Crippen LogP contribution is -2.40. The number of fused-ring (bicyclic) bond motifs is 1. The van der Waals surface area contributed by atoms with Crippen LogP contribution in [0.4, 0.5) is 11.5 Å². The number of anilines is 2. The van der Waals surface area contributed by atoms with E-state index in [-0.39, 0.29) is 0 Å². The number of aromatic nitrogens is 3. The highest BCUT2D eigenvalue weighted by molar-refractivity contribution is 5.88. The number of hydrogen-bond donors (Lipinski definition) is 3. The van der Waals surface area contributed by atoms with Crippen LogP contribution in [0, 0.1) is 0 Å². The van der Waals surface area contributed by atoms with E-state index in [1.807, 2.05) is 28.8 Å². The third-order valence-corrected chi connectivity index (χ3v) is 4.03. The quantitative estimate of drug-likeness (QED) is 0.614. The van der Waals surface area contributed by atoms with Gasteiger partial charge in [-0.25, -0.2) is 9.50 Å². The van der Waals surface area contributed by atoms with Crippen molar-refractivity contribution in [3.8, 4) is 11.1 Å². The van der Waals surface area contributed by atoms with E-state index >= 15 is 0 Å². The van der Waals surface area contributed by atoms with Crippen molar-refractivity contribution in [2.24, 2.45) is 0 Å². The fourth-order valence-electron chi connectivity index (χ4n) is 2.76. The molecule has 0 atom stereocenters. The summed E-state index contributed by atoms with van der Waals surface area (Å²) in [4.78, 5) is 4.13. The van der Waals surface area contributed by atoms with Crippen LogP contribution in [0.15, 0.2) is 36.7 Å². The van der Waals surface area contributed by atoms with Crippen molar-refractivity contribution >= 4 is 17.0 Å². The van der Waals surface area contributed by atoms with Crippen LogP contribution in [-0.4, -0.2) is 27.7 Å². The van der Waals surface area contributed by atoms with Gasteiger partial charge in [0.15, 0.2) is 5.82 Å². The molecule has 0 aliphatic carbocycles. The zero-order chi connectivity index (χ0) is 14.4. The molecule has 6 heteroatoms. The van der Waals surface area contributed by atoms with Crippen LogP contribution in [0.5, 0.6) is 0 Å². The Labute approximate surface area is 121 Å². The highest BCUT2D eigenvalue weighted by Gasteiger charge is 2.25. The number of nitrogens with two attached hydrogens (primary N) is 2. The fourth-order valence-corrected chi connectivity index (χ4v) is 2.76. The van der Waals surface area contributed by atoms with Crippen LogP contribution in [-0.2, 0) is 0 Å². The molecule has 0 amide bonds. The summed E-state index contributed by atoms with van der Waals surface area (Å²) in [5.41, 5.74) is 16.8. The molecule has 0 radical (unpaired) electrons. The Bertz CT molecular complexity index is 801. The minimum atomic E-state index is 0.467. The molecule has 0 bridgehead atoms. The Morgan fingerprint density at radius 3 is 2.57 bits per heavy atom.